The molecule has 1 aliphatic heterocycles. The summed E-state index contributed by atoms with van der Waals surface area (Å²) in [5.41, 5.74) is 1.70. The van der Waals surface area contributed by atoms with Crippen molar-refractivity contribution in [3.05, 3.63) is 41.8 Å². The van der Waals surface area contributed by atoms with Crippen LogP contribution in [0.15, 0.2) is 40.0 Å². The summed E-state index contributed by atoms with van der Waals surface area (Å²) in [4.78, 5) is 25.6. The van der Waals surface area contributed by atoms with Crippen molar-refractivity contribution in [2.45, 2.75) is 18.5 Å². The van der Waals surface area contributed by atoms with E-state index in [1.807, 2.05) is 24.3 Å². The van der Waals surface area contributed by atoms with Crippen LogP contribution in [0.4, 0.5) is 0 Å². The summed E-state index contributed by atoms with van der Waals surface area (Å²) in [7, 11) is 0. The first-order valence-electron chi connectivity index (χ1n) is 9.26. The van der Waals surface area contributed by atoms with Gasteiger partial charge in [0.05, 0.1) is 11.3 Å². The molecule has 30 heavy (non-hydrogen) atoms. The van der Waals surface area contributed by atoms with Crippen molar-refractivity contribution in [1.82, 2.24) is 40.0 Å². The van der Waals surface area contributed by atoms with Crippen LogP contribution in [-0.4, -0.2) is 70.6 Å². The fourth-order valence-corrected chi connectivity index (χ4v) is 4.16. The van der Waals surface area contributed by atoms with Crippen molar-refractivity contribution in [3.63, 3.8) is 0 Å². The zero-order valence-electron chi connectivity index (χ0n) is 15.9. The molecule has 1 aliphatic rings. The molecule has 4 aromatic rings. The predicted molar refractivity (Wildman–Crippen MR) is 105 cm³/mol. The van der Waals surface area contributed by atoms with E-state index in [0.717, 1.165) is 5.52 Å². The largest absolute Gasteiger partial charge is 0.361 e. The molecule has 0 saturated carbocycles. The molecule has 4 heterocycles. The number of nitrogens with zero attached hydrogens (tertiary/aromatic N) is 8. The van der Waals surface area contributed by atoms with Crippen LogP contribution in [-0.2, 0) is 4.79 Å². The van der Waals surface area contributed by atoms with Crippen LogP contribution < -0.4 is 0 Å². The Morgan fingerprint density at radius 2 is 1.90 bits per heavy atom. The molecule has 2 amide bonds. The summed E-state index contributed by atoms with van der Waals surface area (Å²) in [5, 5.41) is 23.6. The quantitative estimate of drug-likeness (QED) is 0.447. The zero-order chi connectivity index (χ0) is 20.7. The second-order valence-corrected chi connectivity index (χ2v) is 7.66. The third-order valence-corrected chi connectivity index (χ3v) is 5.63. The van der Waals surface area contributed by atoms with Gasteiger partial charge in [0.15, 0.2) is 10.9 Å². The zero-order valence-corrected chi connectivity index (χ0v) is 16.7. The van der Waals surface area contributed by atoms with Gasteiger partial charge in [-0.3, -0.25) is 19.0 Å². The smallest absolute Gasteiger partial charge is 0.294 e. The fourth-order valence-electron chi connectivity index (χ4n) is 3.35. The van der Waals surface area contributed by atoms with Gasteiger partial charge >= 0.3 is 0 Å². The van der Waals surface area contributed by atoms with Gasteiger partial charge in [-0.1, -0.05) is 29.1 Å². The van der Waals surface area contributed by atoms with Crippen LogP contribution in [0.25, 0.3) is 16.8 Å². The van der Waals surface area contributed by atoms with E-state index in [2.05, 4.69) is 25.6 Å². The second kappa shape index (κ2) is 7.37. The van der Waals surface area contributed by atoms with E-state index in [9.17, 15) is 9.59 Å². The lowest BCUT2D eigenvalue weighted by molar-refractivity contribution is -0.137. The average Bonchev–Trinajstić information content (AvgIpc) is 3.51. The molecule has 1 fully saturated rings. The van der Waals surface area contributed by atoms with E-state index in [0.29, 0.717) is 41.7 Å². The van der Waals surface area contributed by atoms with E-state index >= 15 is 0 Å². The second-order valence-electron chi connectivity index (χ2n) is 6.72. The number of hydrogen-bond acceptors (Lipinski definition) is 9. The summed E-state index contributed by atoms with van der Waals surface area (Å²) in [6.07, 6.45) is 0.701. The van der Waals surface area contributed by atoms with Crippen molar-refractivity contribution < 1.29 is 14.1 Å². The van der Waals surface area contributed by atoms with Crippen LogP contribution >= 0.6 is 11.8 Å². The van der Waals surface area contributed by atoms with Crippen LogP contribution in [0.5, 0.6) is 0 Å². The number of amides is 2. The monoisotopic (exact) mass is 424 g/mol. The number of thioether (sulfide) groups is 1. The maximum atomic E-state index is 12.9. The number of para-hydroxylation sites is 1. The van der Waals surface area contributed by atoms with Gasteiger partial charge in [0.1, 0.15) is 11.3 Å². The van der Waals surface area contributed by atoms with Crippen LogP contribution in [0.1, 0.15) is 22.7 Å². The van der Waals surface area contributed by atoms with Crippen LogP contribution in [0.2, 0.25) is 0 Å². The van der Waals surface area contributed by atoms with Crippen molar-refractivity contribution in [2.24, 2.45) is 0 Å². The highest BCUT2D eigenvalue weighted by Crippen LogP contribution is 2.23. The minimum Gasteiger partial charge on any atom is -0.361 e. The number of fused-ring (bicyclic) bond motifs is 3. The fraction of sp³-hybridized carbons (Fsp3) is 0.278. The normalized spacial score (nSPS) is 14.2. The molecule has 0 spiro atoms. The predicted octanol–water partition coefficient (Wildman–Crippen LogP) is 1.35. The number of benzene rings is 1. The Morgan fingerprint density at radius 1 is 1.10 bits per heavy atom. The Morgan fingerprint density at radius 3 is 2.73 bits per heavy atom. The Balaban J connectivity index is 1.35. The molecule has 3 aromatic heterocycles. The van der Waals surface area contributed by atoms with Gasteiger partial charge in [-0.15, -0.1) is 20.4 Å². The lowest BCUT2D eigenvalue weighted by atomic mass is 10.3. The van der Waals surface area contributed by atoms with Crippen LogP contribution in [0.3, 0.4) is 0 Å². The van der Waals surface area contributed by atoms with E-state index < -0.39 is 0 Å². The number of hydrogen-bond donors (Lipinski definition) is 0. The Kier molecular flexibility index (Phi) is 4.54. The van der Waals surface area contributed by atoms with Gasteiger partial charge in [0.2, 0.25) is 0 Å². The molecule has 1 saturated heterocycles. The summed E-state index contributed by atoms with van der Waals surface area (Å²) >= 11 is 1.24. The molecule has 152 valence electrons. The highest BCUT2D eigenvalue weighted by Gasteiger charge is 2.32. The minimum absolute atomic E-state index is 0.0963. The Bertz CT molecular complexity index is 1270. The maximum Gasteiger partial charge on any atom is 0.294 e. The molecule has 11 nitrogen and oxygen atoms in total. The van der Waals surface area contributed by atoms with Gasteiger partial charge in [0.25, 0.3) is 17.6 Å². The third kappa shape index (κ3) is 3.14. The van der Waals surface area contributed by atoms with E-state index in [4.69, 9.17) is 4.52 Å². The number of aromatic nitrogens is 6. The number of hydrazine groups is 1. The third-order valence-electron chi connectivity index (χ3n) is 4.71. The summed E-state index contributed by atoms with van der Waals surface area (Å²) in [5.74, 6) is 0.452. The standard InChI is InChI=1S/C18H16N8O3S/c1-11-9-13(23-29-11)16(28)25-8-4-7-24(25)15(27)10-30-18-22-21-17-20-19-12-5-2-3-6-14(12)26(17)18/h2-3,5-6,9H,4,7-8,10H2,1H3. The first-order valence-corrected chi connectivity index (χ1v) is 10.3. The first kappa shape index (κ1) is 18.5. The van der Waals surface area contributed by atoms with Crippen molar-refractivity contribution >= 4 is 40.4 Å². The van der Waals surface area contributed by atoms with Gasteiger partial charge in [0, 0.05) is 19.2 Å². The molecule has 12 heteroatoms. The van der Waals surface area contributed by atoms with E-state index in [-0.39, 0.29) is 23.3 Å². The highest BCUT2D eigenvalue weighted by atomic mass is 32.2. The molecule has 0 N–H and O–H groups in total. The Hall–Kier alpha value is -3.54. The number of rotatable bonds is 4. The molecule has 1 aromatic carbocycles. The van der Waals surface area contributed by atoms with Crippen molar-refractivity contribution in [3.8, 4) is 0 Å². The first-order chi connectivity index (χ1) is 14.6. The van der Waals surface area contributed by atoms with Gasteiger partial charge in [-0.05, 0) is 25.5 Å². The lowest BCUT2D eigenvalue weighted by Gasteiger charge is -2.26. The topological polar surface area (TPSA) is 123 Å². The number of carbonyl (C=O) groups excluding carboxylic acids is 2. The number of carbonyl (C=O) groups is 2. The molecule has 0 bridgehead atoms. The highest BCUT2D eigenvalue weighted by molar-refractivity contribution is 7.99. The van der Waals surface area contributed by atoms with Gasteiger partial charge < -0.3 is 4.52 Å². The molecular formula is C18H16N8O3S. The Labute approximate surface area is 174 Å². The van der Waals surface area contributed by atoms with Gasteiger partial charge in [-0.2, -0.15) is 0 Å². The summed E-state index contributed by atoms with van der Waals surface area (Å²) in [6, 6.07) is 9.07. The molecule has 0 aliphatic carbocycles. The molecule has 5 rings (SSSR count). The van der Waals surface area contributed by atoms with Gasteiger partial charge in [-0.25, -0.2) is 5.01 Å². The lowest BCUT2D eigenvalue weighted by Crippen LogP contribution is -2.45. The number of aryl methyl sites for hydroxylation is 1. The molecule has 0 atom stereocenters. The summed E-state index contributed by atoms with van der Waals surface area (Å²) in [6.45, 7) is 2.64. The summed E-state index contributed by atoms with van der Waals surface area (Å²) < 4.78 is 6.75. The van der Waals surface area contributed by atoms with E-state index in [1.165, 1.54) is 21.8 Å². The maximum absolute atomic E-state index is 12.9. The van der Waals surface area contributed by atoms with E-state index in [1.54, 1.807) is 17.4 Å². The van der Waals surface area contributed by atoms with Crippen LogP contribution in [0, 0.1) is 6.92 Å². The van der Waals surface area contributed by atoms with Crippen molar-refractivity contribution in [1.29, 1.82) is 0 Å². The molecular weight excluding hydrogens is 408 g/mol. The molecule has 0 unspecified atom stereocenters. The SMILES string of the molecule is Cc1cc(C(=O)N2CCCN2C(=O)CSc2nnc3nnc4ccccc4n23)no1. The average molecular weight is 424 g/mol. The van der Waals surface area contributed by atoms with Crippen molar-refractivity contribution in [2.75, 3.05) is 18.8 Å². The minimum atomic E-state index is -0.350. The molecule has 0 radical (unpaired) electrons.